The molecule has 3 rings (SSSR count). The van der Waals surface area contributed by atoms with Crippen molar-refractivity contribution in [3.63, 3.8) is 0 Å². The van der Waals surface area contributed by atoms with E-state index in [9.17, 15) is 13.2 Å². The number of hydrogen-bond donors (Lipinski definition) is 2. The van der Waals surface area contributed by atoms with Crippen molar-refractivity contribution in [3.05, 3.63) is 59.7 Å². The third-order valence-electron chi connectivity index (χ3n) is 5.06. The fourth-order valence-corrected chi connectivity index (χ4v) is 4.09. The summed E-state index contributed by atoms with van der Waals surface area (Å²) in [4.78, 5) is 19.8. The Labute approximate surface area is 183 Å². The lowest BCUT2D eigenvalue weighted by Crippen LogP contribution is -2.30. The van der Waals surface area contributed by atoms with Gasteiger partial charge in [0, 0.05) is 24.1 Å². The van der Waals surface area contributed by atoms with Crippen molar-refractivity contribution in [1.82, 2.24) is 4.90 Å². The average molecular weight is 445 g/mol. The fourth-order valence-electron chi connectivity index (χ4n) is 3.46. The summed E-state index contributed by atoms with van der Waals surface area (Å²) >= 11 is 0. The van der Waals surface area contributed by atoms with E-state index >= 15 is 0 Å². The highest BCUT2D eigenvalue weighted by molar-refractivity contribution is 7.90. The van der Waals surface area contributed by atoms with Crippen LogP contribution in [0, 0.1) is 0 Å². The van der Waals surface area contributed by atoms with Crippen LogP contribution in [0.5, 0.6) is 0 Å². The van der Waals surface area contributed by atoms with Crippen LogP contribution in [0.25, 0.3) is 0 Å². The van der Waals surface area contributed by atoms with Crippen LogP contribution in [0.1, 0.15) is 30.4 Å². The molecule has 3 N–H and O–H groups in total. The summed E-state index contributed by atoms with van der Waals surface area (Å²) in [6.45, 7) is 2.64. The van der Waals surface area contributed by atoms with Crippen LogP contribution in [-0.4, -0.2) is 51.0 Å². The zero-order valence-electron chi connectivity index (χ0n) is 17.6. The highest BCUT2D eigenvalue weighted by atomic mass is 32.2. The molecule has 166 valence electrons. The summed E-state index contributed by atoms with van der Waals surface area (Å²) in [5.41, 5.74) is 8.45. The molecule has 2 aromatic rings. The Morgan fingerprint density at radius 1 is 1.10 bits per heavy atom. The van der Waals surface area contributed by atoms with E-state index in [0.29, 0.717) is 5.69 Å². The summed E-state index contributed by atoms with van der Waals surface area (Å²) in [7, 11) is -3.28. The van der Waals surface area contributed by atoms with Gasteiger partial charge in [0.1, 0.15) is 0 Å². The lowest BCUT2D eigenvalue weighted by molar-refractivity contribution is -0.120. The molecule has 0 aromatic heterocycles. The Balaban J connectivity index is 1.55. The Morgan fingerprint density at radius 2 is 1.77 bits per heavy atom. The molecule has 1 heterocycles. The van der Waals surface area contributed by atoms with E-state index in [0.717, 1.165) is 37.0 Å². The molecule has 1 aliphatic heterocycles. The van der Waals surface area contributed by atoms with Crippen LogP contribution in [0.4, 0.5) is 5.69 Å². The minimum absolute atomic E-state index is 0.183. The van der Waals surface area contributed by atoms with Crippen molar-refractivity contribution in [2.24, 2.45) is 10.9 Å². The molecular weight excluding hydrogens is 416 g/mol. The number of oxime groups is 1. The van der Waals surface area contributed by atoms with E-state index in [1.54, 1.807) is 0 Å². The minimum Gasteiger partial charge on any atom is -0.384 e. The van der Waals surface area contributed by atoms with E-state index in [1.165, 1.54) is 43.5 Å². The molecule has 1 amide bonds. The average Bonchev–Trinajstić information content (AvgIpc) is 2.74. The van der Waals surface area contributed by atoms with Crippen molar-refractivity contribution in [1.29, 1.82) is 0 Å². The second kappa shape index (κ2) is 10.4. The SMILES string of the molecule is CS(=O)(=O)c1ccc(NC(=O)CO/N=C(/N)c2ccccc2CN2CCCCC2)cc1. The molecule has 0 aliphatic carbocycles. The summed E-state index contributed by atoms with van der Waals surface area (Å²) in [5, 5.41) is 6.54. The van der Waals surface area contributed by atoms with Crippen molar-refractivity contribution in [2.75, 3.05) is 31.3 Å². The first-order valence-corrected chi connectivity index (χ1v) is 12.1. The van der Waals surface area contributed by atoms with Gasteiger partial charge in [-0.3, -0.25) is 9.69 Å². The van der Waals surface area contributed by atoms with Crippen LogP contribution in [0.2, 0.25) is 0 Å². The molecule has 9 heteroatoms. The van der Waals surface area contributed by atoms with Crippen LogP contribution in [-0.2, 0) is 26.0 Å². The van der Waals surface area contributed by atoms with Gasteiger partial charge in [-0.05, 0) is 55.8 Å². The molecule has 1 fully saturated rings. The first-order chi connectivity index (χ1) is 14.8. The molecule has 2 aromatic carbocycles. The smallest absolute Gasteiger partial charge is 0.265 e. The molecule has 0 spiro atoms. The number of nitrogens with zero attached hydrogens (tertiary/aromatic N) is 2. The lowest BCUT2D eigenvalue weighted by atomic mass is 10.0. The maximum Gasteiger partial charge on any atom is 0.265 e. The molecule has 0 bridgehead atoms. The van der Waals surface area contributed by atoms with E-state index in [4.69, 9.17) is 10.6 Å². The zero-order chi connectivity index (χ0) is 22.3. The topological polar surface area (TPSA) is 114 Å². The monoisotopic (exact) mass is 444 g/mol. The summed E-state index contributed by atoms with van der Waals surface area (Å²) in [5.74, 6) is -0.205. The van der Waals surface area contributed by atoms with Crippen LogP contribution in [0.3, 0.4) is 0 Å². The molecule has 31 heavy (non-hydrogen) atoms. The summed E-state index contributed by atoms with van der Waals surface area (Å²) < 4.78 is 23.0. The van der Waals surface area contributed by atoms with Crippen molar-refractivity contribution >= 4 is 27.3 Å². The minimum atomic E-state index is -3.28. The Bertz CT molecular complexity index is 1030. The van der Waals surface area contributed by atoms with Crippen molar-refractivity contribution in [3.8, 4) is 0 Å². The molecule has 0 saturated carbocycles. The summed E-state index contributed by atoms with van der Waals surface area (Å²) in [6, 6.07) is 13.7. The van der Waals surface area contributed by atoms with Gasteiger partial charge in [0.05, 0.1) is 4.90 Å². The van der Waals surface area contributed by atoms with Crippen LogP contribution < -0.4 is 11.1 Å². The molecule has 0 atom stereocenters. The molecule has 0 unspecified atom stereocenters. The van der Waals surface area contributed by atoms with E-state index in [-0.39, 0.29) is 17.3 Å². The second-order valence-corrected chi connectivity index (χ2v) is 9.60. The normalized spacial score (nSPS) is 15.5. The largest absolute Gasteiger partial charge is 0.384 e. The first-order valence-electron chi connectivity index (χ1n) is 10.2. The number of sulfone groups is 1. The van der Waals surface area contributed by atoms with Crippen molar-refractivity contribution in [2.45, 2.75) is 30.7 Å². The number of hydrogen-bond acceptors (Lipinski definition) is 6. The lowest BCUT2D eigenvalue weighted by Gasteiger charge is -2.27. The quantitative estimate of drug-likeness (QED) is 0.367. The van der Waals surface area contributed by atoms with Gasteiger partial charge in [-0.1, -0.05) is 35.8 Å². The highest BCUT2D eigenvalue weighted by Gasteiger charge is 2.14. The van der Waals surface area contributed by atoms with Gasteiger partial charge in [0.25, 0.3) is 5.91 Å². The third kappa shape index (κ3) is 6.80. The predicted octanol–water partition coefficient (Wildman–Crippen LogP) is 2.35. The Kier molecular flexibility index (Phi) is 7.64. The number of benzene rings is 2. The second-order valence-electron chi connectivity index (χ2n) is 7.59. The molecule has 8 nitrogen and oxygen atoms in total. The maximum absolute atomic E-state index is 12.1. The van der Waals surface area contributed by atoms with Crippen LogP contribution in [0.15, 0.2) is 58.6 Å². The third-order valence-corrected chi connectivity index (χ3v) is 6.19. The van der Waals surface area contributed by atoms with Gasteiger partial charge in [-0.15, -0.1) is 0 Å². The number of rotatable bonds is 8. The molecule has 1 saturated heterocycles. The zero-order valence-corrected chi connectivity index (χ0v) is 18.4. The van der Waals surface area contributed by atoms with Gasteiger partial charge in [-0.25, -0.2) is 8.42 Å². The van der Waals surface area contributed by atoms with E-state index < -0.39 is 15.7 Å². The first kappa shape index (κ1) is 22.8. The number of likely N-dealkylation sites (tertiary alicyclic amines) is 1. The standard InChI is InChI=1S/C22H28N4O4S/c1-31(28,29)19-11-9-18(10-12-19)24-21(27)16-30-25-22(23)20-8-4-3-7-17(20)15-26-13-5-2-6-14-26/h3-4,7-12H,2,5-6,13-16H2,1H3,(H2,23,25)(H,24,27). The van der Waals surface area contributed by atoms with Gasteiger partial charge >= 0.3 is 0 Å². The maximum atomic E-state index is 12.1. The Hall–Kier alpha value is -2.91. The van der Waals surface area contributed by atoms with Gasteiger partial charge in [0.2, 0.25) is 0 Å². The van der Waals surface area contributed by atoms with E-state index in [1.807, 2.05) is 24.3 Å². The number of anilines is 1. The number of amides is 1. The van der Waals surface area contributed by atoms with Gasteiger partial charge < -0.3 is 15.9 Å². The Morgan fingerprint density at radius 3 is 2.45 bits per heavy atom. The fraction of sp³-hybridized carbons (Fsp3) is 0.364. The molecule has 0 radical (unpaired) electrons. The number of piperidine rings is 1. The predicted molar refractivity (Wildman–Crippen MR) is 120 cm³/mol. The number of carbonyl (C=O) groups excluding carboxylic acids is 1. The number of carbonyl (C=O) groups is 1. The number of nitrogens with two attached hydrogens (primary N) is 1. The number of amidine groups is 1. The molecule has 1 aliphatic rings. The molecular formula is C22H28N4O4S. The van der Waals surface area contributed by atoms with Crippen molar-refractivity contribution < 1.29 is 18.0 Å². The summed E-state index contributed by atoms with van der Waals surface area (Å²) in [6.07, 6.45) is 4.82. The van der Waals surface area contributed by atoms with E-state index in [2.05, 4.69) is 15.4 Å². The van der Waals surface area contributed by atoms with Gasteiger partial charge in [0.15, 0.2) is 22.3 Å². The highest BCUT2D eigenvalue weighted by Crippen LogP contribution is 2.16. The number of nitrogens with one attached hydrogen (secondary N) is 1. The van der Waals surface area contributed by atoms with Gasteiger partial charge in [-0.2, -0.15) is 0 Å². The van der Waals surface area contributed by atoms with Crippen LogP contribution >= 0.6 is 0 Å².